The van der Waals surface area contributed by atoms with Crippen LogP contribution in [0.4, 0.5) is 5.82 Å². The van der Waals surface area contributed by atoms with E-state index in [0.717, 1.165) is 53.5 Å². The molecule has 0 saturated heterocycles. The lowest BCUT2D eigenvalue weighted by Gasteiger charge is -2.11. The minimum absolute atomic E-state index is 0.825. The largest absolute Gasteiger partial charge is 0.370 e. The van der Waals surface area contributed by atoms with Crippen molar-refractivity contribution in [3.63, 3.8) is 0 Å². The predicted molar refractivity (Wildman–Crippen MR) is 124 cm³/mol. The fourth-order valence-corrected chi connectivity index (χ4v) is 3.62. The number of nitrogens with one attached hydrogen (secondary N) is 1. The molecule has 0 saturated carbocycles. The molecule has 0 unspecified atom stereocenters. The first-order chi connectivity index (χ1) is 15.3. The van der Waals surface area contributed by atoms with Gasteiger partial charge >= 0.3 is 0 Å². The third-order valence-electron chi connectivity index (χ3n) is 5.30. The van der Waals surface area contributed by atoms with Gasteiger partial charge in [0.25, 0.3) is 0 Å². The molecule has 0 aliphatic rings. The second-order valence-electron chi connectivity index (χ2n) is 7.64. The van der Waals surface area contributed by atoms with Crippen LogP contribution in [-0.4, -0.2) is 30.7 Å². The Balaban J connectivity index is 1.48. The Labute approximate surface area is 181 Å². The maximum Gasteiger partial charge on any atom is 0.158 e. The van der Waals surface area contributed by atoms with Crippen LogP contribution < -0.4 is 5.32 Å². The van der Waals surface area contributed by atoms with Crippen LogP contribution in [0.1, 0.15) is 12.0 Å². The molecule has 0 amide bonds. The Hall–Kier alpha value is -3.93. The standard InChI is InChI=1S/C25H24N6/c1-19-8-10-21(11-9-19)23-17-25-28-22(20-6-3-2-4-7-20)16-24(31(25)29-23)27-12-5-14-30-15-13-26-18-30/h2-4,6-11,13,15-18,27H,5,12,14H2,1H3. The fraction of sp³-hybridized carbons (Fsp3) is 0.160. The van der Waals surface area contributed by atoms with Gasteiger partial charge in [-0.1, -0.05) is 60.2 Å². The average Bonchev–Trinajstić information content (AvgIpc) is 3.47. The number of imidazole rings is 1. The molecule has 1 N–H and O–H groups in total. The first kappa shape index (κ1) is 19.1. The molecule has 3 aromatic heterocycles. The molecule has 0 spiro atoms. The number of aryl methyl sites for hydroxylation is 2. The number of fused-ring (bicyclic) bond motifs is 1. The molecular formula is C25H24N6. The van der Waals surface area contributed by atoms with E-state index < -0.39 is 0 Å². The summed E-state index contributed by atoms with van der Waals surface area (Å²) in [6.07, 6.45) is 6.62. The highest BCUT2D eigenvalue weighted by Crippen LogP contribution is 2.26. The normalized spacial score (nSPS) is 11.1. The third-order valence-corrected chi connectivity index (χ3v) is 5.30. The molecule has 2 aromatic carbocycles. The van der Waals surface area contributed by atoms with Crippen molar-refractivity contribution in [2.45, 2.75) is 19.9 Å². The van der Waals surface area contributed by atoms with E-state index in [1.165, 1.54) is 5.56 Å². The zero-order chi connectivity index (χ0) is 21.0. The highest BCUT2D eigenvalue weighted by atomic mass is 15.3. The number of hydrogen-bond acceptors (Lipinski definition) is 4. The summed E-state index contributed by atoms with van der Waals surface area (Å²) < 4.78 is 3.99. The molecule has 0 atom stereocenters. The van der Waals surface area contributed by atoms with E-state index in [9.17, 15) is 0 Å². The molecule has 154 valence electrons. The fourth-order valence-electron chi connectivity index (χ4n) is 3.62. The monoisotopic (exact) mass is 408 g/mol. The van der Waals surface area contributed by atoms with Crippen LogP contribution in [-0.2, 0) is 6.54 Å². The Bertz CT molecular complexity index is 1270. The molecule has 5 aromatic rings. The van der Waals surface area contributed by atoms with Crippen LogP contribution in [0.25, 0.3) is 28.2 Å². The van der Waals surface area contributed by atoms with Gasteiger partial charge in [-0.2, -0.15) is 9.61 Å². The van der Waals surface area contributed by atoms with E-state index in [1.807, 2.05) is 47.5 Å². The molecule has 0 bridgehead atoms. The van der Waals surface area contributed by atoms with E-state index in [4.69, 9.17) is 10.1 Å². The molecule has 0 aliphatic heterocycles. The van der Waals surface area contributed by atoms with Crippen LogP contribution in [0.15, 0.2) is 85.5 Å². The number of anilines is 1. The van der Waals surface area contributed by atoms with E-state index in [-0.39, 0.29) is 0 Å². The number of benzene rings is 2. The quantitative estimate of drug-likeness (QED) is 0.382. The van der Waals surface area contributed by atoms with Gasteiger partial charge in [-0.3, -0.25) is 0 Å². The zero-order valence-electron chi connectivity index (χ0n) is 17.4. The summed E-state index contributed by atoms with van der Waals surface area (Å²) in [4.78, 5) is 8.99. The maximum atomic E-state index is 4.89. The molecule has 5 rings (SSSR count). The van der Waals surface area contributed by atoms with Gasteiger partial charge in [0.15, 0.2) is 5.65 Å². The van der Waals surface area contributed by atoms with E-state index in [2.05, 4.69) is 64.3 Å². The van der Waals surface area contributed by atoms with Crippen LogP contribution in [0, 0.1) is 6.92 Å². The molecule has 0 aliphatic carbocycles. The third kappa shape index (κ3) is 4.19. The highest BCUT2D eigenvalue weighted by molar-refractivity contribution is 5.70. The molecule has 3 heterocycles. The van der Waals surface area contributed by atoms with Gasteiger partial charge in [-0.15, -0.1) is 0 Å². The Kier molecular flexibility index (Phi) is 5.19. The first-order valence-electron chi connectivity index (χ1n) is 10.5. The van der Waals surface area contributed by atoms with Crippen molar-refractivity contribution in [2.75, 3.05) is 11.9 Å². The lowest BCUT2D eigenvalue weighted by Crippen LogP contribution is -2.10. The minimum Gasteiger partial charge on any atom is -0.370 e. The summed E-state index contributed by atoms with van der Waals surface area (Å²) in [7, 11) is 0. The Morgan fingerprint density at radius 3 is 2.48 bits per heavy atom. The average molecular weight is 409 g/mol. The summed E-state index contributed by atoms with van der Waals surface area (Å²) in [5, 5.41) is 8.41. The smallest absolute Gasteiger partial charge is 0.158 e. The maximum absolute atomic E-state index is 4.89. The van der Waals surface area contributed by atoms with Crippen LogP contribution >= 0.6 is 0 Å². The van der Waals surface area contributed by atoms with Crippen molar-refractivity contribution in [3.05, 3.63) is 91.0 Å². The van der Waals surface area contributed by atoms with Crippen molar-refractivity contribution in [3.8, 4) is 22.5 Å². The zero-order valence-corrected chi connectivity index (χ0v) is 17.4. The number of hydrogen-bond donors (Lipinski definition) is 1. The minimum atomic E-state index is 0.825. The molecule has 31 heavy (non-hydrogen) atoms. The van der Waals surface area contributed by atoms with E-state index in [1.54, 1.807) is 0 Å². The van der Waals surface area contributed by atoms with Crippen molar-refractivity contribution in [1.82, 2.24) is 24.1 Å². The number of nitrogens with zero attached hydrogens (tertiary/aromatic N) is 5. The number of rotatable bonds is 7. The van der Waals surface area contributed by atoms with E-state index >= 15 is 0 Å². The van der Waals surface area contributed by atoms with Crippen LogP contribution in [0.2, 0.25) is 0 Å². The second-order valence-corrected chi connectivity index (χ2v) is 7.64. The lowest BCUT2D eigenvalue weighted by molar-refractivity contribution is 0.659. The lowest BCUT2D eigenvalue weighted by atomic mass is 10.1. The SMILES string of the molecule is Cc1ccc(-c2cc3nc(-c4ccccc4)cc(NCCCn4ccnc4)n3n2)cc1. The van der Waals surface area contributed by atoms with Crippen molar-refractivity contribution in [2.24, 2.45) is 0 Å². The Morgan fingerprint density at radius 1 is 0.903 bits per heavy atom. The van der Waals surface area contributed by atoms with Crippen molar-refractivity contribution >= 4 is 11.5 Å². The van der Waals surface area contributed by atoms with Gasteiger partial charge in [-0.05, 0) is 13.3 Å². The summed E-state index contributed by atoms with van der Waals surface area (Å²) in [5.41, 5.74) is 6.08. The highest BCUT2D eigenvalue weighted by Gasteiger charge is 2.12. The molecule has 6 nitrogen and oxygen atoms in total. The summed E-state index contributed by atoms with van der Waals surface area (Å²) in [6, 6.07) is 22.8. The summed E-state index contributed by atoms with van der Waals surface area (Å²) in [5.74, 6) is 0.938. The van der Waals surface area contributed by atoms with Crippen LogP contribution in [0.3, 0.4) is 0 Å². The predicted octanol–water partition coefficient (Wildman–Crippen LogP) is 5.07. The van der Waals surface area contributed by atoms with Gasteiger partial charge in [0, 0.05) is 48.7 Å². The molecule has 0 fully saturated rings. The molecular weight excluding hydrogens is 384 g/mol. The van der Waals surface area contributed by atoms with Gasteiger partial charge < -0.3 is 9.88 Å². The molecule has 0 radical (unpaired) electrons. The van der Waals surface area contributed by atoms with Crippen LogP contribution in [0.5, 0.6) is 0 Å². The van der Waals surface area contributed by atoms with E-state index in [0.29, 0.717) is 0 Å². The topological polar surface area (TPSA) is 60.0 Å². The molecule has 6 heteroatoms. The van der Waals surface area contributed by atoms with Gasteiger partial charge in [0.2, 0.25) is 0 Å². The first-order valence-corrected chi connectivity index (χ1v) is 10.5. The number of aromatic nitrogens is 5. The van der Waals surface area contributed by atoms with Crippen molar-refractivity contribution < 1.29 is 0 Å². The Morgan fingerprint density at radius 2 is 1.71 bits per heavy atom. The summed E-state index contributed by atoms with van der Waals surface area (Å²) >= 11 is 0. The summed E-state index contributed by atoms with van der Waals surface area (Å²) in [6.45, 7) is 3.83. The second kappa shape index (κ2) is 8.44. The van der Waals surface area contributed by atoms with Crippen molar-refractivity contribution in [1.29, 1.82) is 0 Å². The van der Waals surface area contributed by atoms with Gasteiger partial charge in [0.05, 0.1) is 17.7 Å². The van der Waals surface area contributed by atoms with Gasteiger partial charge in [0.1, 0.15) is 5.82 Å². The van der Waals surface area contributed by atoms with Gasteiger partial charge in [-0.25, -0.2) is 9.97 Å².